The first kappa shape index (κ1) is 15.1. The number of aryl methyl sites for hydroxylation is 1. The first-order chi connectivity index (χ1) is 9.74. The van der Waals surface area contributed by atoms with Crippen molar-refractivity contribution in [3.63, 3.8) is 0 Å². The Bertz CT molecular complexity index is 554. The molecule has 0 atom stereocenters. The van der Waals surface area contributed by atoms with Gasteiger partial charge in [0, 0.05) is 13.1 Å². The molecule has 108 valence electrons. The number of rotatable bonds is 7. The minimum Gasteiger partial charge on any atom is -0.486 e. The summed E-state index contributed by atoms with van der Waals surface area (Å²) in [6, 6.07) is 6.18. The summed E-state index contributed by atoms with van der Waals surface area (Å²) >= 11 is 3.56. The molecule has 0 bridgehead atoms. The van der Waals surface area contributed by atoms with Crippen molar-refractivity contribution in [2.75, 3.05) is 6.54 Å². The molecule has 5 heteroatoms. The highest BCUT2D eigenvalue weighted by Gasteiger charge is 2.05. The lowest BCUT2D eigenvalue weighted by Crippen LogP contribution is -2.11. The zero-order valence-corrected chi connectivity index (χ0v) is 13.5. The molecular formula is C15H20BrN3O. The van der Waals surface area contributed by atoms with Crippen molar-refractivity contribution in [2.45, 2.75) is 33.5 Å². The lowest BCUT2D eigenvalue weighted by atomic mass is 10.2. The molecule has 1 aromatic carbocycles. The van der Waals surface area contributed by atoms with E-state index < -0.39 is 0 Å². The van der Waals surface area contributed by atoms with Crippen LogP contribution in [0.5, 0.6) is 5.75 Å². The maximum absolute atomic E-state index is 5.86. The van der Waals surface area contributed by atoms with Crippen LogP contribution in [0.1, 0.15) is 25.1 Å². The van der Waals surface area contributed by atoms with E-state index in [0.29, 0.717) is 6.61 Å². The fraction of sp³-hybridized carbons (Fsp3) is 0.400. The third-order valence-corrected chi connectivity index (χ3v) is 3.71. The smallest absolute Gasteiger partial charge is 0.134 e. The van der Waals surface area contributed by atoms with E-state index >= 15 is 0 Å². The Hall–Kier alpha value is -1.33. The molecule has 0 fully saturated rings. The molecule has 0 saturated heterocycles. The molecule has 2 aromatic rings. The Kier molecular flexibility index (Phi) is 5.61. The van der Waals surface area contributed by atoms with Crippen molar-refractivity contribution >= 4 is 15.9 Å². The predicted octanol–water partition coefficient (Wildman–Crippen LogP) is 3.35. The van der Waals surface area contributed by atoms with Crippen LogP contribution in [-0.4, -0.2) is 16.1 Å². The lowest BCUT2D eigenvalue weighted by molar-refractivity contribution is 0.293. The molecule has 1 aromatic heterocycles. The molecule has 0 spiro atoms. The maximum atomic E-state index is 5.86. The first-order valence-electron chi connectivity index (χ1n) is 6.85. The number of imidazole rings is 1. The van der Waals surface area contributed by atoms with Gasteiger partial charge in [0.15, 0.2) is 0 Å². The molecular weight excluding hydrogens is 318 g/mol. The van der Waals surface area contributed by atoms with E-state index in [1.807, 2.05) is 18.6 Å². The van der Waals surface area contributed by atoms with Crippen LogP contribution in [-0.2, 0) is 19.7 Å². The van der Waals surface area contributed by atoms with Gasteiger partial charge in [0.25, 0.3) is 0 Å². The van der Waals surface area contributed by atoms with E-state index in [4.69, 9.17) is 4.74 Å². The number of hydrogen-bond donors (Lipinski definition) is 1. The Morgan fingerprint density at radius 1 is 1.35 bits per heavy atom. The average molecular weight is 338 g/mol. The standard InChI is InChI=1S/C15H20BrN3O/c1-3-17-8-12-5-6-15(14(16)7-12)20-10-13-9-18-11-19(13)4-2/h5-7,9,11,17H,3-4,8,10H2,1-2H3. The number of benzene rings is 1. The number of nitrogens with zero attached hydrogens (tertiary/aromatic N) is 2. The fourth-order valence-corrected chi connectivity index (χ4v) is 2.49. The van der Waals surface area contributed by atoms with Crippen molar-refractivity contribution < 1.29 is 4.74 Å². The molecule has 0 aliphatic carbocycles. The molecule has 0 radical (unpaired) electrons. The molecule has 0 amide bonds. The number of hydrogen-bond acceptors (Lipinski definition) is 3. The molecule has 0 unspecified atom stereocenters. The number of halogens is 1. The zero-order chi connectivity index (χ0) is 14.4. The SMILES string of the molecule is CCNCc1ccc(OCc2cncn2CC)c(Br)c1. The van der Waals surface area contributed by atoms with Crippen LogP contribution in [0.15, 0.2) is 35.2 Å². The normalized spacial score (nSPS) is 10.8. The second-order valence-electron chi connectivity index (χ2n) is 4.50. The van der Waals surface area contributed by atoms with Crippen molar-refractivity contribution in [3.8, 4) is 5.75 Å². The van der Waals surface area contributed by atoms with Gasteiger partial charge in [-0.15, -0.1) is 0 Å². The van der Waals surface area contributed by atoms with Gasteiger partial charge in [-0.2, -0.15) is 0 Å². The highest BCUT2D eigenvalue weighted by atomic mass is 79.9. The summed E-state index contributed by atoms with van der Waals surface area (Å²) in [6.07, 6.45) is 3.67. The third-order valence-electron chi connectivity index (χ3n) is 3.09. The van der Waals surface area contributed by atoms with Gasteiger partial charge < -0.3 is 14.6 Å². The summed E-state index contributed by atoms with van der Waals surface area (Å²) in [5.41, 5.74) is 2.32. The third kappa shape index (κ3) is 3.84. The predicted molar refractivity (Wildman–Crippen MR) is 83.8 cm³/mol. The number of ether oxygens (including phenoxy) is 1. The van der Waals surface area contributed by atoms with Gasteiger partial charge in [0.05, 0.1) is 22.7 Å². The van der Waals surface area contributed by atoms with Crippen LogP contribution >= 0.6 is 15.9 Å². The van der Waals surface area contributed by atoms with Crippen LogP contribution in [0.2, 0.25) is 0 Å². The summed E-state index contributed by atoms with van der Waals surface area (Å²) in [5, 5.41) is 3.31. The first-order valence-corrected chi connectivity index (χ1v) is 7.64. The van der Waals surface area contributed by atoms with E-state index in [2.05, 4.69) is 56.8 Å². The molecule has 4 nitrogen and oxygen atoms in total. The average Bonchev–Trinajstić information content (AvgIpc) is 2.91. The topological polar surface area (TPSA) is 39.1 Å². The molecule has 0 aliphatic heterocycles. The van der Waals surface area contributed by atoms with Crippen molar-refractivity contribution in [3.05, 3.63) is 46.5 Å². The van der Waals surface area contributed by atoms with Crippen LogP contribution in [0.25, 0.3) is 0 Å². The van der Waals surface area contributed by atoms with E-state index in [1.165, 1.54) is 5.56 Å². The van der Waals surface area contributed by atoms with Crippen LogP contribution < -0.4 is 10.1 Å². The van der Waals surface area contributed by atoms with Gasteiger partial charge in [-0.3, -0.25) is 0 Å². The Morgan fingerprint density at radius 2 is 2.20 bits per heavy atom. The summed E-state index contributed by atoms with van der Waals surface area (Å²) in [5.74, 6) is 0.856. The quantitative estimate of drug-likeness (QED) is 0.841. The van der Waals surface area contributed by atoms with E-state index in [0.717, 1.165) is 35.6 Å². The van der Waals surface area contributed by atoms with Gasteiger partial charge >= 0.3 is 0 Å². The minimum atomic E-state index is 0.527. The molecule has 20 heavy (non-hydrogen) atoms. The lowest BCUT2D eigenvalue weighted by Gasteiger charge is -2.11. The Morgan fingerprint density at radius 3 is 2.90 bits per heavy atom. The van der Waals surface area contributed by atoms with Crippen molar-refractivity contribution in [1.29, 1.82) is 0 Å². The van der Waals surface area contributed by atoms with Crippen LogP contribution in [0.3, 0.4) is 0 Å². The summed E-state index contributed by atoms with van der Waals surface area (Å²) < 4.78 is 8.91. The van der Waals surface area contributed by atoms with Gasteiger partial charge in [0.1, 0.15) is 12.4 Å². The molecule has 0 saturated carbocycles. The molecule has 2 rings (SSSR count). The van der Waals surface area contributed by atoms with E-state index in [-0.39, 0.29) is 0 Å². The van der Waals surface area contributed by atoms with Gasteiger partial charge in [-0.25, -0.2) is 4.98 Å². The fourth-order valence-electron chi connectivity index (χ4n) is 1.95. The molecule has 1 N–H and O–H groups in total. The second kappa shape index (κ2) is 7.45. The number of aromatic nitrogens is 2. The van der Waals surface area contributed by atoms with Crippen molar-refractivity contribution in [1.82, 2.24) is 14.9 Å². The summed E-state index contributed by atoms with van der Waals surface area (Å²) in [6.45, 7) is 7.47. The Balaban J connectivity index is 1.99. The van der Waals surface area contributed by atoms with Gasteiger partial charge in [-0.05, 0) is 47.1 Å². The molecule has 0 aliphatic rings. The van der Waals surface area contributed by atoms with Crippen molar-refractivity contribution in [2.24, 2.45) is 0 Å². The molecule has 1 heterocycles. The summed E-state index contributed by atoms with van der Waals surface area (Å²) in [4.78, 5) is 4.14. The number of nitrogens with one attached hydrogen (secondary N) is 1. The largest absolute Gasteiger partial charge is 0.486 e. The monoisotopic (exact) mass is 337 g/mol. The zero-order valence-electron chi connectivity index (χ0n) is 11.9. The summed E-state index contributed by atoms with van der Waals surface area (Å²) in [7, 11) is 0. The van der Waals surface area contributed by atoms with Gasteiger partial charge in [0.2, 0.25) is 0 Å². The van der Waals surface area contributed by atoms with E-state index in [9.17, 15) is 0 Å². The van der Waals surface area contributed by atoms with E-state index in [1.54, 1.807) is 0 Å². The van der Waals surface area contributed by atoms with Crippen LogP contribution in [0, 0.1) is 0 Å². The highest BCUT2D eigenvalue weighted by molar-refractivity contribution is 9.10. The van der Waals surface area contributed by atoms with Gasteiger partial charge in [-0.1, -0.05) is 13.0 Å². The maximum Gasteiger partial charge on any atom is 0.134 e. The minimum absolute atomic E-state index is 0.527. The van der Waals surface area contributed by atoms with Crippen LogP contribution in [0.4, 0.5) is 0 Å². The highest BCUT2D eigenvalue weighted by Crippen LogP contribution is 2.26. The second-order valence-corrected chi connectivity index (χ2v) is 5.36. The Labute approximate surface area is 128 Å².